The van der Waals surface area contributed by atoms with Crippen LogP contribution in [-0.4, -0.2) is 28.4 Å². The minimum Gasteiger partial charge on any atom is -0.481 e. The Hall–Kier alpha value is -3.34. The lowest BCUT2D eigenvalue weighted by atomic mass is 9.82. The highest BCUT2D eigenvalue weighted by molar-refractivity contribution is 6.26. The number of carboxylic acid groups (broad SMARTS) is 1. The van der Waals surface area contributed by atoms with Gasteiger partial charge >= 0.3 is 5.97 Å². The molecule has 0 amide bonds. The number of aliphatic carboxylic acids is 1. The average Bonchev–Trinajstić information content (AvgIpc) is 2.74. The average molecular weight is 404 g/mol. The highest BCUT2D eigenvalue weighted by Crippen LogP contribution is 2.29. The molecule has 30 heavy (non-hydrogen) atoms. The number of rotatable bonds is 9. The normalized spacial score (nSPS) is 14.4. The monoisotopic (exact) mass is 404 g/mol. The van der Waals surface area contributed by atoms with Gasteiger partial charge in [-0.2, -0.15) is 0 Å². The first-order valence-corrected chi connectivity index (χ1v) is 10.0. The summed E-state index contributed by atoms with van der Waals surface area (Å²) in [5.41, 5.74) is 2.58. The number of fused-ring (bicyclic) bond motifs is 1. The molecule has 0 aromatic heterocycles. The number of carboxylic acids is 1. The third kappa shape index (κ3) is 4.79. The molecule has 0 saturated carbocycles. The van der Waals surface area contributed by atoms with E-state index in [1.807, 2.05) is 30.3 Å². The molecule has 5 nitrogen and oxygen atoms in total. The van der Waals surface area contributed by atoms with Crippen LogP contribution in [0.25, 0.3) is 0 Å². The number of hydrogen-bond donors (Lipinski definition) is 1. The maximum atomic E-state index is 12.7. The number of allylic oxidation sites excluding steroid dienone is 2. The summed E-state index contributed by atoms with van der Waals surface area (Å²) < 4.78 is 0. The Morgan fingerprint density at radius 3 is 2.13 bits per heavy atom. The Bertz CT molecular complexity index is 1020. The van der Waals surface area contributed by atoms with E-state index in [1.165, 1.54) is 0 Å². The molecule has 0 saturated heterocycles. The predicted octanol–water partition coefficient (Wildman–Crippen LogP) is 4.46. The van der Waals surface area contributed by atoms with Crippen molar-refractivity contribution in [2.24, 2.45) is 5.92 Å². The number of Topliss-reactive ketones (excluding diaryl/α,β-unsaturated/α-hetero) is 3. The van der Waals surface area contributed by atoms with Gasteiger partial charge < -0.3 is 5.11 Å². The summed E-state index contributed by atoms with van der Waals surface area (Å²) >= 11 is 0. The third-order valence-electron chi connectivity index (χ3n) is 5.51. The Morgan fingerprint density at radius 1 is 0.900 bits per heavy atom. The maximum absolute atomic E-state index is 12.7. The molecule has 0 heterocycles. The van der Waals surface area contributed by atoms with Crippen molar-refractivity contribution in [1.29, 1.82) is 0 Å². The van der Waals surface area contributed by atoms with Crippen LogP contribution in [0.5, 0.6) is 0 Å². The van der Waals surface area contributed by atoms with Gasteiger partial charge in [0.1, 0.15) is 5.78 Å². The molecule has 2 aromatic rings. The zero-order valence-corrected chi connectivity index (χ0v) is 16.9. The van der Waals surface area contributed by atoms with Crippen molar-refractivity contribution in [1.82, 2.24) is 0 Å². The van der Waals surface area contributed by atoms with E-state index in [0.29, 0.717) is 41.5 Å². The Labute approximate surface area is 175 Å². The molecular formula is C25H24O5. The van der Waals surface area contributed by atoms with Gasteiger partial charge in [-0.3, -0.25) is 19.2 Å². The molecule has 1 atom stereocenters. The smallest absolute Gasteiger partial charge is 0.307 e. The van der Waals surface area contributed by atoms with Crippen LogP contribution in [0.2, 0.25) is 0 Å². The molecule has 1 aliphatic rings. The lowest BCUT2D eigenvalue weighted by molar-refractivity contribution is -0.143. The minimum atomic E-state index is -0.990. The van der Waals surface area contributed by atoms with Crippen LogP contribution in [0.3, 0.4) is 0 Å². The minimum absolute atomic E-state index is 0.0437. The lowest BCUT2D eigenvalue weighted by Gasteiger charge is -2.19. The molecule has 0 unspecified atom stereocenters. The molecule has 1 aliphatic carbocycles. The van der Waals surface area contributed by atoms with Crippen LogP contribution in [-0.2, 0) is 16.0 Å². The molecular weight excluding hydrogens is 380 g/mol. The number of carbonyl (C=O) groups excluding carboxylic acids is 3. The first kappa shape index (κ1) is 21.4. The zero-order chi connectivity index (χ0) is 21.7. The van der Waals surface area contributed by atoms with Crippen molar-refractivity contribution in [3.63, 3.8) is 0 Å². The Morgan fingerprint density at radius 2 is 1.50 bits per heavy atom. The van der Waals surface area contributed by atoms with Gasteiger partial charge in [0.2, 0.25) is 0 Å². The molecule has 5 heteroatoms. The molecule has 154 valence electrons. The number of ketones is 3. The van der Waals surface area contributed by atoms with E-state index in [4.69, 9.17) is 0 Å². The van der Waals surface area contributed by atoms with Crippen molar-refractivity contribution < 1.29 is 24.3 Å². The van der Waals surface area contributed by atoms with Gasteiger partial charge in [-0.1, -0.05) is 54.6 Å². The number of hydrogen-bond acceptors (Lipinski definition) is 4. The summed E-state index contributed by atoms with van der Waals surface area (Å²) in [5, 5.41) is 9.46. The molecule has 0 bridgehead atoms. The molecule has 0 aliphatic heterocycles. The van der Waals surface area contributed by atoms with Gasteiger partial charge in [0.15, 0.2) is 11.6 Å². The van der Waals surface area contributed by atoms with Crippen molar-refractivity contribution in [2.75, 3.05) is 0 Å². The highest BCUT2D eigenvalue weighted by atomic mass is 16.4. The van der Waals surface area contributed by atoms with Gasteiger partial charge in [0.05, 0.1) is 5.92 Å². The first-order valence-electron chi connectivity index (χ1n) is 10.0. The predicted molar refractivity (Wildman–Crippen MR) is 113 cm³/mol. The lowest BCUT2D eigenvalue weighted by Crippen LogP contribution is -2.22. The fraction of sp³-hybridized carbons (Fsp3) is 0.280. The van der Waals surface area contributed by atoms with E-state index in [2.05, 4.69) is 0 Å². The summed E-state index contributed by atoms with van der Waals surface area (Å²) in [7, 11) is 0. The van der Waals surface area contributed by atoms with E-state index in [-0.39, 0.29) is 30.2 Å². The van der Waals surface area contributed by atoms with Gasteiger partial charge in [-0.05, 0) is 31.7 Å². The Kier molecular flexibility index (Phi) is 6.72. The molecule has 2 aromatic carbocycles. The SMILES string of the molecule is CC1=C(CCCC(=O)C[C@H](Cc2ccccc2)C(=O)O)C(=O)c2ccccc2C1=O. The van der Waals surface area contributed by atoms with Crippen LogP contribution in [0.1, 0.15) is 58.9 Å². The van der Waals surface area contributed by atoms with Crippen LogP contribution in [0.4, 0.5) is 0 Å². The van der Waals surface area contributed by atoms with E-state index in [1.54, 1.807) is 31.2 Å². The van der Waals surface area contributed by atoms with Crippen LogP contribution >= 0.6 is 0 Å². The summed E-state index contributed by atoms with van der Waals surface area (Å²) in [4.78, 5) is 49.2. The fourth-order valence-electron chi connectivity index (χ4n) is 3.84. The van der Waals surface area contributed by atoms with E-state index in [0.717, 1.165) is 5.56 Å². The van der Waals surface area contributed by atoms with E-state index >= 15 is 0 Å². The molecule has 0 spiro atoms. The summed E-state index contributed by atoms with van der Waals surface area (Å²) in [6.07, 6.45) is 1.17. The maximum Gasteiger partial charge on any atom is 0.307 e. The summed E-state index contributed by atoms with van der Waals surface area (Å²) in [6, 6.07) is 16.0. The number of carbonyl (C=O) groups is 4. The summed E-state index contributed by atoms with van der Waals surface area (Å²) in [5.74, 6) is -2.23. The van der Waals surface area contributed by atoms with Crippen LogP contribution in [0, 0.1) is 5.92 Å². The molecule has 1 N–H and O–H groups in total. The van der Waals surface area contributed by atoms with Gasteiger partial charge in [-0.15, -0.1) is 0 Å². The molecule has 0 radical (unpaired) electrons. The van der Waals surface area contributed by atoms with Gasteiger partial charge in [0, 0.05) is 35.1 Å². The number of benzene rings is 2. The van der Waals surface area contributed by atoms with Crippen LogP contribution < -0.4 is 0 Å². The second-order valence-electron chi connectivity index (χ2n) is 7.63. The van der Waals surface area contributed by atoms with Gasteiger partial charge in [-0.25, -0.2) is 0 Å². The molecule has 0 fully saturated rings. The van der Waals surface area contributed by atoms with Crippen molar-refractivity contribution in [2.45, 2.75) is 39.0 Å². The van der Waals surface area contributed by atoms with Crippen molar-refractivity contribution in [3.8, 4) is 0 Å². The summed E-state index contributed by atoms with van der Waals surface area (Å²) in [6.45, 7) is 1.65. The largest absolute Gasteiger partial charge is 0.481 e. The van der Waals surface area contributed by atoms with Crippen molar-refractivity contribution in [3.05, 3.63) is 82.4 Å². The fourth-order valence-corrected chi connectivity index (χ4v) is 3.84. The van der Waals surface area contributed by atoms with Crippen molar-refractivity contribution >= 4 is 23.3 Å². The van der Waals surface area contributed by atoms with Gasteiger partial charge in [0.25, 0.3) is 0 Å². The first-order chi connectivity index (χ1) is 14.4. The van der Waals surface area contributed by atoms with Crippen LogP contribution in [0.15, 0.2) is 65.7 Å². The third-order valence-corrected chi connectivity index (χ3v) is 5.51. The van der Waals surface area contributed by atoms with E-state index < -0.39 is 11.9 Å². The zero-order valence-electron chi connectivity index (χ0n) is 16.9. The topological polar surface area (TPSA) is 88.5 Å². The second kappa shape index (κ2) is 9.44. The standard InChI is InChI=1S/C25H24O5/c1-16-20(24(28)22-12-6-5-11-21(22)23(16)27)13-7-10-19(26)15-18(25(29)30)14-17-8-3-2-4-9-17/h2-6,8-9,11-12,18H,7,10,13-15H2,1H3,(H,29,30)/t18-/m0/s1. The second-order valence-corrected chi connectivity index (χ2v) is 7.63. The quantitative estimate of drug-likeness (QED) is 0.667. The van der Waals surface area contributed by atoms with E-state index in [9.17, 15) is 24.3 Å². The highest BCUT2D eigenvalue weighted by Gasteiger charge is 2.29. The molecule has 3 rings (SSSR count). The Balaban J connectivity index is 1.58.